The van der Waals surface area contributed by atoms with Gasteiger partial charge in [0.15, 0.2) is 5.82 Å². The summed E-state index contributed by atoms with van der Waals surface area (Å²) < 4.78 is 13.3. The summed E-state index contributed by atoms with van der Waals surface area (Å²) in [5.74, 6) is 2.35. The third-order valence-corrected chi connectivity index (χ3v) is 12.8. The molecule has 1 aliphatic heterocycles. The van der Waals surface area contributed by atoms with Gasteiger partial charge in [0.05, 0.1) is 16.8 Å². The van der Waals surface area contributed by atoms with Crippen molar-refractivity contribution < 1.29 is 9.15 Å². The van der Waals surface area contributed by atoms with Crippen LogP contribution in [0.1, 0.15) is 22.3 Å². The summed E-state index contributed by atoms with van der Waals surface area (Å²) in [4.78, 5) is 11.0. The molecule has 11 aromatic rings. The lowest BCUT2D eigenvalue weighted by Gasteiger charge is -2.39. The Kier molecular flexibility index (Phi) is 7.19. The van der Waals surface area contributed by atoms with E-state index >= 15 is 0 Å². The highest BCUT2D eigenvalue weighted by atomic mass is 16.5. The Hall–Kier alpha value is -8.08. The van der Waals surface area contributed by atoms with Gasteiger partial charge in [-0.05, 0) is 80.6 Å². The van der Waals surface area contributed by atoms with E-state index in [2.05, 4.69) is 194 Å². The van der Waals surface area contributed by atoms with Crippen LogP contribution < -0.4 is 4.74 Å². The summed E-state index contributed by atoms with van der Waals surface area (Å²) in [5, 5.41) is 4.52. The third-order valence-electron chi connectivity index (χ3n) is 12.8. The van der Waals surface area contributed by atoms with E-state index in [0.717, 1.165) is 83.8 Å². The van der Waals surface area contributed by atoms with Gasteiger partial charge in [-0.1, -0.05) is 170 Å². The summed E-state index contributed by atoms with van der Waals surface area (Å²) in [6.45, 7) is 0. The van der Waals surface area contributed by atoms with Gasteiger partial charge in [0.25, 0.3) is 0 Å². The molecule has 0 bridgehead atoms. The molecule has 0 saturated heterocycles. The summed E-state index contributed by atoms with van der Waals surface area (Å²) in [6.07, 6.45) is 0. The average Bonchev–Trinajstić information content (AvgIpc) is 3.85. The molecule has 2 aromatic heterocycles. The molecule has 0 N–H and O–H groups in total. The van der Waals surface area contributed by atoms with Crippen LogP contribution >= 0.6 is 0 Å². The van der Waals surface area contributed by atoms with Crippen LogP contribution in [0.2, 0.25) is 0 Å². The molecule has 4 heteroatoms. The molecule has 0 unspecified atom stereocenters. The van der Waals surface area contributed by atoms with Crippen molar-refractivity contribution in [1.29, 1.82) is 0 Å². The van der Waals surface area contributed by atoms with E-state index < -0.39 is 5.41 Å². The molecule has 61 heavy (non-hydrogen) atoms. The van der Waals surface area contributed by atoms with Crippen molar-refractivity contribution in [3.05, 3.63) is 229 Å². The molecule has 4 nitrogen and oxygen atoms in total. The number of nitrogens with zero attached hydrogens (tertiary/aromatic N) is 2. The summed E-state index contributed by atoms with van der Waals surface area (Å²) in [6, 6.07) is 72.9. The molecule has 284 valence electrons. The molecule has 2 aliphatic rings. The Bertz CT molecular complexity index is 3550. The second-order valence-corrected chi connectivity index (χ2v) is 16.0. The number of ether oxygens (including phenoxy) is 1. The van der Waals surface area contributed by atoms with Crippen molar-refractivity contribution in [2.24, 2.45) is 0 Å². The minimum absolute atomic E-state index is 0.616. The quantitative estimate of drug-likeness (QED) is 0.179. The standard InChI is InChI=1S/C57H34N2O2/c1-2-17-37-35(15-1)16-13-22-38(37)39-18-3-4-20-42(39)50-34-51(45-24-14-23-44-43-21-6-10-28-52(43)61-55(44)45)59-56(58-50)36-31-32-41-40-19-5-7-25-46(40)57(49(41)33-36)47-26-8-11-29-53(47)60-54-30-12-9-27-48(54)57/h1-34H. The van der Waals surface area contributed by atoms with Gasteiger partial charge in [-0.2, -0.15) is 0 Å². The normalized spacial score (nSPS) is 13.2. The predicted octanol–water partition coefficient (Wildman–Crippen LogP) is 14.7. The maximum atomic E-state index is 6.64. The Morgan fingerprint density at radius 3 is 1.74 bits per heavy atom. The fourth-order valence-electron chi connectivity index (χ4n) is 10.2. The molecular weight excluding hydrogens is 745 g/mol. The lowest BCUT2D eigenvalue weighted by atomic mass is 9.66. The second kappa shape index (κ2) is 13.0. The minimum Gasteiger partial charge on any atom is -0.457 e. The second-order valence-electron chi connectivity index (χ2n) is 16.0. The van der Waals surface area contributed by atoms with E-state index in [-0.39, 0.29) is 0 Å². The molecular formula is C57H34N2O2. The van der Waals surface area contributed by atoms with Crippen LogP contribution in [-0.2, 0) is 5.41 Å². The van der Waals surface area contributed by atoms with Crippen LogP contribution in [0.15, 0.2) is 211 Å². The molecule has 0 atom stereocenters. The first-order valence-electron chi connectivity index (χ1n) is 20.7. The number of benzene rings is 9. The van der Waals surface area contributed by atoms with Gasteiger partial charge in [-0.25, -0.2) is 9.97 Å². The Balaban J connectivity index is 1.09. The molecule has 1 aliphatic carbocycles. The molecule has 13 rings (SSSR count). The molecule has 0 saturated carbocycles. The monoisotopic (exact) mass is 778 g/mol. The van der Waals surface area contributed by atoms with Gasteiger partial charge in [0, 0.05) is 38.6 Å². The maximum Gasteiger partial charge on any atom is 0.160 e. The summed E-state index contributed by atoms with van der Waals surface area (Å²) in [7, 11) is 0. The SMILES string of the molecule is c1ccc2c(c1)Oc1ccccc1C21c2ccccc2-c2ccc(-c3nc(-c4ccccc4-c4cccc5ccccc45)cc(-c4cccc5c4oc4ccccc45)n3)cc21. The van der Waals surface area contributed by atoms with Gasteiger partial charge in [0.2, 0.25) is 0 Å². The summed E-state index contributed by atoms with van der Waals surface area (Å²) >= 11 is 0. The molecule has 0 radical (unpaired) electrons. The number of aromatic nitrogens is 2. The van der Waals surface area contributed by atoms with E-state index in [9.17, 15) is 0 Å². The number of hydrogen-bond acceptors (Lipinski definition) is 4. The van der Waals surface area contributed by atoms with Crippen LogP contribution in [0.5, 0.6) is 11.5 Å². The summed E-state index contributed by atoms with van der Waals surface area (Å²) in [5.41, 5.74) is 14.8. The zero-order chi connectivity index (χ0) is 40.1. The van der Waals surface area contributed by atoms with Crippen LogP contribution in [0, 0.1) is 0 Å². The third kappa shape index (κ3) is 4.87. The molecule has 0 amide bonds. The Labute approximate surface area is 352 Å². The highest BCUT2D eigenvalue weighted by Gasteiger charge is 2.51. The number of rotatable bonds is 4. The van der Waals surface area contributed by atoms with E-state index in [1.807, 2.05) is 12.1 Å². The van der Waals surface area contributed by atoms with E-state index in [1.54, 1.807) is 0 Å². The first-order valence-corrected chi connectivity index (χ1v) is 20.7. The fourth-order valence-corrected chi connectivity index (χ4v) is 10.2. The lowest BCUT2D eigenvalue weighted by Crippen LogP contribution is -2.32. The number of para-hydroxylation sites is 4. The number of hydrogen-bond donors (Lipinski definition) is 0. The Morgan fingerprint density at radius 2 is 0.918 bits per heavy atom. The first-order chi connectivity index (χ1) is 30.2. The van der Waals surface area contributed by atoms with Crippen molar-refractivity contribution >= 4 is 32.7 Å². The molecule has 0 fully saturated rings. The Morgan fingerprint density at radius 1 is 0.361 bits per heavy atom. The maximum absolute atomic E-state index is 6.64. The topological polar surface area (TPSA) is 48.2 Å². The first kappa shape index (κ1) is 33.8. The molecule has 1 spiro atoms. The van der Waals surface area contributed by atoms with Gasteiger partial charge < -0.3 is 9.15 Å². The van der Waals surface area contributed by atoms with Gasteiger partial charge in [0.1, 0.15) is 22.7 Å². The average molecular weight is 779 g/mol. The van der Waals surface area contributed by atoms with Crippen molar-refractivity contribution in [3.8, 4) is 67.7 Å². The van der Waals surface area contributed by atoms with Gasteiger partial charge >= 0.3 is 0 Å². The van der Waals surface area contributed by atoms with Crippen molar-refractivity contribution in [2.75, 3.05) is 0 Å². The zero-order valence-electron chi connectivity index (χ0n) is 32.8. The fraction of sp³-hybridized carbons (Fsp3) is 0.0175. The van der Waals surface area contributed by atoms with E-state index in [4.69, 9.17) is 19.1 Å². The minimum atomic E-state index is -0.616. The highest BCUT2D eigenvalue weighted by Crippen LogP contribution is 2.62. The van der Waals surface area contributed by atoms with Crippen LogP contribution in [0.4, 0.5) is 0 Å². The molecule has 9 aromatic carbocycles. The smallest absolute Gasteiger partial charge is 0.160 e. The van der Waals surface area contributed by atoms with Crippen LogP contribution in [0.25, 0.3) is 88.9 Å². The molecule has 3 heterocycles. The number of furan rings is 1. The van der Waals surface area contributed by atoms with E-state index in [0.29, 0.717) is 5.82 Å². The number of fused-ring (bicyclic) bond motifs is 13. The van der Waals surface area contributed by atoms with Gasteiger partial charge in [-0.3, -0.25) is 0 Å². The predicted molar refractivity (Wildman–Crippen MR) is 246 cm³/mol. The van der Waals surface area contributed by atoms with Crippen LogP contribution in [-0.4, -0.2) is 9.97 Å². The van der Waals surface area contributed by atoms with Crippen molar-refractivity contribution in [1.82, 2.24) is 9.97 Å². The van der Waals surface area contributed by atoms with E-state index in [1.165, 1.54) is 33.0 Å². The van der Waals surface area contributed by atoms with Crippen LogP contribution in [0.3, 0.4) is 0 Å². The van der Waals surface area contributed by atoms with Gasteiger partial charge in [-0.15, -0.1) is 0 Å². The highest BCUT2D eigenvalue weighted by molar-refractivity contribution is 6.09. The lowest BCUT2D eigenvalue weighted by molar-refractivity contribution is 0.436. The van der Waals surface area contributed by atoms with Crippen molar-refractivity contribution in [3.63, 3.8) is 0 Å². The largest absolute Gasteiger partial charge is 0.457 e. The zero-order valence-corrected chi connectivity index (χ0v) is 32.8. The van der Waals surface area contributed by atoms with Crippen molar-refractivity contribution in [2.45, 2.75) is 5.41 Å².